The van der Waals surface area contributed by atoms with Crippen molar-refractivity contribution in [3.63, 3.8) is 0 Å². The molecule has 0 bridgehead atoms. The number of hydrogen-bond acceptors (Lipinski definition) is 5. The van der Waals surface area contributed by atoms with Crippen LogP contribution in [0.25, 0.3) is 0 Å². The van der Waals surface area contributed by atoms with Gasteiger partial charge in [0.15, 0.2) is 5.96 Å². The minimum Gasteiger partial charge on any atom is -0.496 e. The van der Waals surface area contributed by atoms with Crippen molar-refractivity contribution in [2.24, 2.45) is 4.99 Å². The van der Waals surface area contributed by atoms with Gasteiger partial charge in [-0.2, -0.15) is 0 Å². The van der Waals surface area contributed by atoms with E-state index in [1.54, 1.807) is 21.3 Å². The molecule has 2 aromatic carbocycles. The number of methoxy groups -OCH3 is 3. The molecule has 0 spiro atoms. The van der Waals surface area contributed by atoms with E-state index in [1.807, 2.05) is 50.2 Å². The Morgan fingerprint density at radius 2 is 1.57 bits per heavy atom. The van der Waals surface area contributed by atoms with Crippen molar-refractivity contribution in [3.8, 4) is 23.0 Å². The molecule has 0 saturated heterocycles. The van der Waals surface area contributed by atoms with Crippen LogP contribution in [0.1, 0.15) is 25.0 Å². The van der Waals surface area contributed by atoms with Gasteiger partial charge in [-0.05, 0) is 19.9 Å². The van der Waals surface area contributed by atoms with Crippen molar-refractivity contribution in [3.05, 3.63) is 47.5 Å². The molecule has 0 saturated carbocycles. The Labute approximate surface area is 196 Å². The molecule has 0 unspecified atom stereocenters. The van der Waals surface area contributed by atoms with Crippen LogP contribution in [0.15, 0.2) is 41.4 Å². The monoisotopic (exact) mass is 529 g/mol. The normalized spacial score (nSPS) is 10.6. The molecule has 0 aliphatic carbocycles. The lowest BCUT2D eigenvalue weighted by Gasteiger charge is -2.17. The lowest BCUT2D eigenvalue weighted by Crippen LogP contribution is -2.37. The van der Waals surface area contributed by atoms with Gasteiger partial charge in [0.05, 0.1) is 46.6 Å². The van der Waals surface area contributed by atoms with Gasteiger partial charge >= 0.3 is 0 Å². The Hall–Kier alpha value is -2.36. The number of nitrogens with one attached hydrogen (secondary N) is 2. The molecule has 0 radical (unpaired) electrons. The molecule has 0 atom stereocenters. The Bertz CT molecular complexity index is 790. The first-order valence-corrected chi connectivity index (χ1v) is 9.68. The maximum Gasteiger partial charge on any atom is 0.191 e. The van der Waals surface area contributed by atoms with Gasteiger partial charge in [0.2, 0.25) is 0 Å². The number of guanidine groups is 1. The minimum atomic E-state index is 0. The zero-order chi connectivity index (χ0) is 21.1. The number of para-hydroxylation sites is 1. The zero-order valence-corrected chi connectivity index (χ0v) is 20.6. The second-order valence-electron chi connectivity index (χ2n) is 6.10. The summed E-state index contributed by atoms with van der Waals surface area (Å²) in [5.41, 5.74) is 1.92. The van der Waals surface area contributed by atoms with Gasteiger partial charge in [0.1, 0.15) is 23.0 Å². The quantitative estimate of drug-likeness (QED) is 0.276. The van der Waals surface area contributed by atoms with E-state index in [1.165, 1.54) is 0 Å². The van der Waals surface area contributed by atoms with Crippen LogP contribution in [0, 0.1) is 0 Å². The van der Waals surface area contributed by atoms with Crippen LogP contribution in [0.2, 0.25) is 0 Å². The zero-order valence-electron chi connectivity index (χ0n) is 18.3. The van der Waals surface area contributed by atoms with Crippen molar-refractivity contribution >= 4 is 29.9 Å². The lowest BCUT2D eigenvalue weighted by molar-refractivity contribution is 0.336. The summed E-state index contributed by atoms with van der Waals surface area (Å²) in [5.74, 6) is 3.60. The Balaban J connectivity index is 0.00000450. The SMILES string of the molecule is CCNC(=NCc1ccccc1OCC)NCc1c(OC)cc(OC)cc1OC.I. The Morgan fingerprint density at radius 1 is 0.900 bits per heavy atom. The smallest absolute Gasteiger partial charge is 0.191 e. The molecule has 8 heteroatoms. The summed E-state index contributed by atoms with van der Waals surface area (Å²) >= 11 is 0. The van der Waals surface area contributed by atoms with Gasteiger partial charge in [0, 0.05) is 24.2 Å². The molecule has 2 aromatic rings. The highest BCUT2D eigenvalue weighted by molar-refractivity contribution is 14.0. The maximum absolute atomic E-state index is 5.69. The first kappa shape index (κ1) is 25.7. The molecule has 7 nitrogen and oxygen atoms in total. The predicted octanol–water partition coefficient (Wildman–Crippen LogP) is 3.98. The second-order valence-corrected chi connectivity index (χ2v) is 6.10. The number of halogens is 1. The number of hydrogen-bond donors (Lipinski definition) is 2. The molecule has 0 amide bonds. The number of nitrogens with zero attached hydrogens (tertiary/aromatic N) is 1. The third-order valence-corrected chi connectivity index (χ3v) is 4.27. The van der Waals surface area contributed by atoms with Crippen molar-refractivity contribution in [1.82, 2.24) is 10.6 Å². The van der Waals surface area contributed by atoms with Crippen molar-refractivity contribution in [2.75, 3.05) is 34.5 Å². The van der Waals surface area contributed by atoms with Gasteiger partial charge in [-0.1, -0.05) is 18.2 Å². The predicted molar refractivity (Wildman–Crippen MR) is 131 cm³/mol. The average Bonchev–Trinajstić information content (AvgIpc) is 2.76. The van der Waals surface area contributed by atoms with Crippen LogP contribution in [0.4, 0.5) is 0 Å². The molecule has 0 fully saturated rings. The van der Waals surface area contributed by atoms with E-state index in [0.717, 1.165) is 23.4 Å². The summed E-state index contributed by atoms with van der Waals surface area (Å²) in [4.78, 5) is 4.69. The standard InChI is InChI=1S/C22H31N3O4.HI/c1-6-23-22(24-14-16-10-8-9-11-19(16)29-7-2)25-15-18-20(27-4)12-17(26-3)13-21(18)28-5;/h8-13H,6-7,14-15H2,1-5H3,(H2,23,24,25);1H. The Kier molecular flexibility index (Phi) is 11.8. The molecule has 0 aliphatic rings. The highest BCUT2D eigenvalue weighted by Crippen LogP contribution is 2.33. The van der Waals surface area contributed by atoms with E-state index < -0.39 is 0 Å². The topological polar surface area (TPSA) is 73.3 Å². The van der Waals surface area contributed by atoms with Gasteiger partial charge in [-0.15, -0.1) is 24.0 Å². The summed E-state index contributed by atoms with van der Waals surface area (Å²) in [6, 6.07) is 11.6. The summed E-state index contributed by atoms with van der Waals surface area (Å²) in [5, 5.41) is 6.61. The first-order valence-electron chi connectivity index (χ1n) is 9.68. The number of ether oxygens (including phenoxy) is 4. The fourth-order valence-corrected chi connectivity index (χ4v) is 2.86. The van der Waals surface area contributed by atoms with Crippen molar-refractivity contribution < 1.29 is 18.9 Å². The van der Waals surface area contributed by atoms with Crippen LogP contribution in [0.3, 0.4) is 0 Å². The summed E-state index contributed by atoms with van der Waals surface area (Å²) in [6.45, 7) is 6.35. The van der Waals surface area contributed by atoms with Gasteiger partial charge in [-0.3, -0.25) is 0 Å². The Morgan fingerprint density at radius 3 is 2.13 bits per heavy atom. The van der Waals surface area contributed by atoms with Crippen LogP contribution >= 0.6 is 24.0 Å². The highest BCUT2D eigenvalue weighted by atomic mass is 127. The molecular formula is C22H32IN3O4. The molecule has 30 heavy (non-hydrogen) atoms. The molecule has 2 rings (SSSR count). The molecule has 0 aromatic heterocycles. The van der Waals surface area contributed by atoms with E-state index in [4.69, 9.17) is 23.9 Å². The van der Waals surface area contributed by atoms with Gasteiger partial charge < -0.3 is 29.6 Å². The fourth-order valence-electron chi connectivity index (χ4n) is 2.86. The summed E-state index contributed by atoms with van der Waals surface area (Å²) in [6.07, 6.45) is 0. The summed E-state index contributed by atoms with van der Waals surface area (Å²) in [7, 11) is 4.87. The first-order chi connectivity index (χ1) is 14.2. The van der Waals surface area contributed by atoms with E-state index in [0.29, 0.717) is 42.9 Å². The van der Waals surface area contributed by atoms with Crippen LogP contribution in [-0.4, -0.2) is 40.4 Å². The maximum atomic E-state index is 5.69. The van der Waals surface area contributed by atoms with Crippen molar-refractivity contribution in [1.29, 1.82) is 0 Å². The van der Waals surface area contributed by atoms with Crippen molar-refractivity contribution in [2.45, 2.75) is 26.9 Å². The third kappa shape index (κ3) is 7.16. The average molecular weight is 529 g/mol. The number of rotatable bonds is 10. The second kappa shape index (κ2) is 13.8. The largest absolute Gasteiger partial charge is 0.496 e. The van der Waals surface area contributed by atoms with Crippen LogP contribution < -0.4 is 29.6 Å². The summed E-state index contributed by atoms with van der Waals surface area (Å²) < 4.78 is 22.0. The lowest BCUT2D eigenvalue weighted by atomic mass is 10.1. The van der Waals surface area contributed by atoms with E-state index in [9.17, 15) is 0 Å². The van der Waals surface area contributed by atoms with E-state index in [-0.39, 0.29) is 24.0 Å². The highest BCUT2D eigenvalue weighted by Gasteiger charge is 2.14. The van der Waals surface area contributed by atoms with Gasteiger partial charge in [-0.25, -0.2) is 4.99 Å². The van der Waals surface area contributed by atoms with E-state index in [2.05, 4.69) is 10.6 Å². The molecule has 0 heterocycles. The van der Waals surface area contributed by atoms with Gasteiger partial charge in [0.25, 0.3) is 0 Å². The molecule has 2 N–H and O–H groups in total. The van der Waals surface area contributed by atoms with Crippen LogP contribution in [-0.2, 0) is 13.1 Å². The van der Waals surface area contributed by atoms with Crippen LogP contribution in [0.5, 0.6) is 23.0 Å². The number of aliphatic imine (C=N–C) groups is 1. The molecular weight excluding hydrogens is 497 g/mol. The third-order valence-electron chi connectivity index (χ3n) is 4.27. The molecule has 166 valence electrons. The molecule has 0 aliphatic heterocycles. The van der Waals surface area contributed by atoms with E-state index >= 15 is 0 Å². The number of benzene rings is 2. The minimum absolute atomic E-state index is 0. The fraction of sp³-hybridized carbons (Fsp3) is 0.409.